The van der Waals surface area contributed by atoms with Gasteiger partial charge in [-0.1, -0.05) is 12.1 Å². The van der Waals surface area contributed by atoms with E-state index in [1.807, 2.05) is 6.07 Å². The SMILES string of the molecule is CN=C(NCCCOCC1CCOC1)NCc1cccc([N+](=O)[O-])c1.I. The second-order valence-corrected chi connectivity index (χ2v) is 5.94. The highest BCUT2D eigenvalue weighted by molar-refractivity contribution is 14.0. The van der Waals surface area contributed by atoms with Crippen molar-refractivity contribution in [2.24, 2.45) is 10.9 Å². The van der Waals surface area contributed by atoms with Crippen LogP contribution in [0.15, 0.2) is 29.3 Å². The van der Waals surface area contributed by atoms with E-state index in [0.29, 0.717) is 25.0 Å². The first-order valence-corrected chi connectivity index (χ1v) is 8.52. The number of ether oxygens (including phenoxy) is 2. The van der Waals surface area contributed by atoms with Crippen LogP contribution in [0, 0.1) is 16.0 Å². The number of hydrogen-bond acceptors (Lipinski definition) is 5. The normalized spacial score (nSPS) is 16.8. The summed E-state index contributed by atoms with van der Waals surface area (Å²) in [5.74, 6) is 1.20. The molecular weight excluding hydrogens is 451 g/mol. The number of benzene rings is 1. The van der Waals surface area contributed by atoms with E-state index in [-0.39, 0.29) is 29.7 Å². The Kier molecular flexibility index (Phi) is 11.1. The number of guanidine groups is 1. The van der Waals surface area contributed by atoms with Crippen molar-refractivity contribution in [3.63, 3.8) is 0 Å². The molecule has 1 heterocycles. The lowest BCUT2D eigenvalue weighted by molar-refractivity contribution is -0.384. The molecule has 2 N–H and O–H groups in total. The minimum Gasteiger partial charge on any atom is -0.381 e. The minimum absolute atomic E-state index is 0. The maximum absolute atomic E-state index is 10.8. The largest absolute Gasteiger partial charge is 0.381 e. The Morgan fingerprint density at radius 3 is 3.00 bits per heavy atom. The Balaban J connectivity index is 0.00000338. The smallest absolute Gasteiger partial charge is 0.269 e. The molecule has 0 spiro atoms. The van der Waals surface area contributed by atoms with Crippen molar-refractivity contribution in [1.82, 2.24) is 10.6 Å². The molecule has 1 fully saturated rings. The van der Waals surface area contributed by atoms with Crippen LogP contribution in [0.1, 0.15) is 18.4 Å². The zero-order valence-electron chi connectivity index (χ0n) is 15.0. The Morgan fingerprint density at radius 2 is 2.31 bits per heavy atom. The summed E-state index contributed by atoms with van der Waals surface area (Å²) in [6.07, 6.45) is 1.97. The van der Waals surface area contributed by atoms with Gasteiger partial charge in [0.15, 0.2) is 5.96 Å². The van der Waals surface area contributed by atoms with Crippen LogP contribution in [0.2, 0.25) is 0 Å². The van der Waals surface area contributed by atoms with E-state index in [4.69, 9.17) is 9.47 Å². The molecule has 1 aromatic carbocycles. The van der Waals surface area contributed by atoms with E-state index in [1.54, 1.807) is 19.2 Å². The van der Waals surface area contributed by atoms with Crippen molar-refractivity contribution in [3.05, 3.63) is 39.9 Å². The number of nitrogens with zero attached hydrogens (tertiary/aromatic N) is 2. The lowest BCUT2D eigenvalue weighted by Gasteiger charge is -2.12. The van der Waals surface area contributed by atoms with Gasteiger partial charge in [-0.05, 0) is 18.4 Å². The van der Waals surface area contributed by atoms with Gasteiger partial charge in [0.05, 0.1) is 18.1 Å². The highest BCUT2D eigenvalue weighted by atomic mass is 127. The van der Waals surface area contributed by atoms with Crippen molar-refractivity contribution in [1.29, 1.82) is 0 Å². The molecule has 1 atom stereocenters. The fourth-order valence-electron chi connectivity index (χ4n) is 2.53. The number of aliphatic imine (C=N–C) groups is 1. The molecule has 1 unspecified atom stereocenters. The van der Waals surface area contributed by atoms with Gasteiger partial charge >= 0.3 is 0 Å². The molecule has 0 aliphatic carbocycles. The Bertz CT molecular complexity index is 580. The fraction of sp³-hybridized carbons (Fsp3) is 0.588. The predicted octanol–water partition coefficient (Wildman–Crippen LogP) is 2.32. The van der Waals surface area contributed by atoms with Crippen LogP contribution in [-0.4, -0.2) is 50.9 Å². The second kappa shape index (κ2) is 12.8. The van der Waals surface area contributed by atoms with Crippen LogP contribution in [0.5, 0.6) is 0 Å². The number of hydrogen-bond donors (Lipinski definition) is 2. The molecule has 0 bridgehead atoms. The summed E-state index contributed by atoms with van der Waals surface area (Å²) in [4.78, 5) is 14.5. The predicted molar refractivity (Wildman–Crippen MR) is 111 cm³/mol. The summed E-state index contributed by atoms with van der Waals surface area (Å²) in [6.45, 7) is 4.34. The number of nitrogens with one attached hydrogen (secondary N) is 2. The van der Waals surface area contributed by atoms with Gasteiger partial charge in [0.1, 0.15) is 0 Å². The van der Waals surface area contributed by atoms with Gasteiger partial charge in [-0.15, -0.1) is 24.0 Å². The number of halogens is 1. The molecule has 146 valence electrons. The number of nitro groups is 1. The third-order valence-corrected chi connectivity index (χ3v) is 3.94. The summed E-state index contributed by atoms with van der Waals surface area (Å²) in [5.41, 5.74) is 0.923. The molecule has 1 aromatic rings. The molecule has 0 saturated carbocycles. The lowest BCUT2D eigenvalue weighted by atomic mass is 10.1. The van der Waals surface area contributed by atoms with E-state index in [9.17, 15) is 10.1 Å². The summed E-state index contributed by atoms with van der Waals surface area (Å²) < 4.78 is 11.0. The average Bonchev–Trinajstić information content (AvgIpc) is 3.14. The maximum atomic E-state index is 10.8. The first-order chi connectivity index (χ1) is 12.2. The number of rotatable bonds is 9. The van der Waals surface area contributed by atoms with Gasteiger partial charge in [-0.3, -0.25) is 15.1 Å². The standard InChI is InChI=1S/C17H26N4O4.HI/c1-18-17(19-7-3-8-24-12-15-6-9-25-13-15)20-11-14-4-2-5-16(10-14)21(22)23;/h2,4-5,10,15H,3,6-9,11-13H2,1H3,(H2,18,19,20);1H. The summed E-state index contributed by atoms with van der Waals surface area (Å²) in [6, 6.07) is 6.56. The quantitative estimate of drug-likeness (QED) is 0.141. The molecule has 0 aromatic heterocycles. The number of non-ortho nitro benzene ring substituents is 1. The molecule has 2 rings (SSSR count). The highest BCUT2D eigenvalue weighted by Gasteiger charge is 2.15. The Morgan fingerprint density at radius 1 is 1.46 bits per heavy atom. The van der Waals surface area contributed by atoms with Crippen LogP contribution in [0.25, 0.3) is 0 Å². The molecule has 8 nitrogen and oxygen atoms in total. The maximum Gasteiger partial charge on any atom is 0.269 e. The Labute approximate surface area is 170 Å². The van der Waals surface area contributed by atoms with Gasteiger partial charge in [0.25, 0.3) is 5.69 Å². The van der Waals surface area contributed by atoms with Gasteiger partial charge in [0.2, 0.25) is 0 Å². The molecule has 9 heteroatoms. The first-order valence-electron chi connectivity index (χ1n) is 8.52. The van der Waals surface area contributed by atoms with Crippen LogP contribution >= 0.6 is 24.0 Å². The molecule has 1 aliphatic rings. The van der Waals surface area contributed by atoms with E-state index in [2.05, 4.69) is 15.6 Å². The van der Waals surface area contributed by atoms with Crippen LogP contribution in [-0.2, 0) is 16.0 Å². The van der Waals surface area contributed by atoms with Gasteiger partial charge < -0.3 is 20.1 Å². The van der Waals surface area contributed by atoms with E-state index in [0.717, 1.165) is 44.8 Å². The number of nitro benzene ring substituents is 1. The third kappa shape index (κ3) is 8.28. The molecule has 0 radical (unpaired) electrons. The summed E-state index contributed by atoms with van der Waals surface area (Å²) >= 11 is 0. The highest BCUT2D eigenvalue weighted by Crippen LogP contribution is 2.13. The van der Waals surface area contributed by atoms with Gasteiger partial charge in [-0.25, -0.2) is 0 Å². The van der Waals surface area contributed by atoms with Gasteiger partial charge in [-0.2, -0.15) is 0 Å². The summed E-state index contributed by atoms with van der Waals surface area (Å²) in [5, 5.41) is 17.1. The van der Waals surface area contributed by atoms with Crippen molar-refractivity contribution in [2.75, 3.05) is 40.0 Å². The van der Waals surface area contributed by atoms with Crippen molar-refractivity contribution >= 4 is 35.6 Å². The molecular formula is C17H27IN4O4. The Hall–Kier alpha value is -1.46. The third-order valence-electron chi connectivity index (χ3n) is 3.94. The van der Waals surface area contributed by atoms with E-state index in [1.165, 1.54) is 6.07 Å². The minimum atomic E-state index is -0.395. The molecule has 0 amide bonds. The topological polar surface area (TPSA) is 98.0 Å². The van der Waals surface area contributed by atoms with E-state index >= 15 is 0 Å². The zero-order valence-corrected chi connectivity index (χ0v) is 17.3. The van der Waals surface area contributed by atoms with Crippen molar-refractivity contribution in [3.8, 4) is 0 Å². The van der Waals surface area contributed by atoms with Crippen molar-refractivity contribution in [2.45, 2.75) is 19.4 Å². The average molecular weight is 478 g/mol. The van der Waals surface area contributed by atoms with Crippen molar-refractivity contribution < 1.29 is 14.4 Å². The second-order valence-electron chi connectivity index (χ2n) is 5.94. The molecule has 1 saturated heterocycles. The molecule has 1 aliphatic heterocycles. The monoisotopic (exact) mass is 478 g/mol. The zero-order chi connectivity index (χ0) is 17.9. The van der Waals surface area contributed by atoms with E-state index < -0.39 is 4.92 Å². The van der Waals surface area contributed by atoms with Crippen LogP contribution < -0.4 is 10.6 Å². The molecule has 26 heavy (non-hydrogen) atoms. The van der Waals surface area contributed by atoms with Crippen LogP contribution in [0.3, 0.4) is 0 Å². The summed E-state index contributed by atoms with van der Waals surface area (Å²) in [7, 11) is 1.69. The lowest BCUT2D eigenvalue weighted by Crippen LogP contribution is -2.37. The van der Waals surface area contributed by atoms with Gasteiger partial charge in [0, 0.05) is 51.4 Å². The first kappa shape index (κ1) is 22.6. The van der Waals surface area contributed by atoms with Crippen LogP contribution in [0.4, 0.5) is 5.69 Å². The fourth-order valence-corrected chi connectivity index (χ4v) is 2.53.